The molecule has 1 amide bonds. The summed E-state index contributed by atoms with van der Waals surface area (Å²) in [6.45, 7) is 7.11. The molecule has 7 heteroatoms. The lowest BCUT2D eigenvalue weighted by Gasteiger charge is -2.39. The minimum Gasteiger partial charge on any atom is -0.492 e. The molecule has 198 valence electrons. The van der Waals surface area contributed by atoms with Gasteiger partial charge in [-0.25, -0.2) is 4.79 Å². The van der Waals surface area contributed by atoms with Crippen molar-refractivity contribution in [1.82, 2.24) is 4.90 Å². The van der Waals surface area contributed by atoms with E-state index in [2.05, 4.69) is 18.2 Å². The fourth-order valence-electron chi connectivity index (χ4n) is 4.59. The molecule has 0 spiro atoms. The Kier molecular flexibility index (Phi) is 9.25. The molecule has 0 radical (unpaired) electrons. The van der Waals surface area contributed by atoms with E-state index in [-0.39, 0.29) is 17.9 Å². The van der Waals surface area contributed by atoms with Crippen molar-refractivity contribution in [2.75, 3.05) is 19.7 Å². The third-order valence-electron chi connectivity index (χ3n) is 6.46. The Bertz CT molecular complexity index is 1270. The number of carbonyl (C=O) groups excluding carboxylic acids is 1. The second-order valence-electron chi connectivity index (χ2n) is 10.5. The Morgan fingerprint density at radius 3 is 2.53 bits per heavy atom. The fourth-order valence-corrected chi connectivity index (χ4v) is 5.61. The Labute approximate surface area is 234 Å². The molecule has 0 aromatic heterocycles. The van der Waals surface area contributed by atoms with Crippen LogP contribution >= 0.6 is 23.4 Å². The molecule has 5 nitrogen and oxygen atoms in total. The lowest BCUT2D eigenvalue weighted by molar-refractivity contribution is 0.0111. The van der Waals surface area contributed by atoms with Gasteiger partial charge in [0.25, 0.3) is 0 Å². The molecule has 0 bridgehead atoms. The summed E-state index contributed by atoms with van der Waals surface area (Å²) in [4.78, 5) is 15.6. The Hall–Kier alpha value is -3.14. The molecule has 4 rings (SSSR count). The number of rotatable bonds is 7. The number of nitriles is 1. The van der Waals surface area contributed by atoms with Crippen LogP contribution in [0.1, 0.15) is 49.8 Å². The molecule has 2 atom stereocenters. The van der Waals surface area contributed by atoms with E-state index in [0.717, 1.165) is 17.1 Å². The van der Waals surface area contributed by atoms with Gasteiger partial charge in [0.05, 0.1) is 12.2 Å². The second kappa shape index (κ2) is 12.6. The van der Waals surface area contributed by atoms with Gasteiger partial charge in [0.1, 0.15) is 17.4 Å². The molecule has 3 aromatic carbocycles. The summed E-state index contributed by atoms with van der Waals surface area (Å²) >= 11 is 7.82. The zero-order valence-corrected chi connectivity index (χ0v) is 23.6. The van der Waals surface area contributed by atoms with Gasteiger partial charge in [-0.15, -0.1) is 11.8 Å². The average molecular weight is 549 g/mol. The maximum atomic E-state index is 12.8. The number of nitrogens with zero attached hydrogens (tertiary/aromatic N) is 2. The van der Waals surface area contributed by atoms with Crippen LogP contribution in [0, 0.1) is 17.2 Å². The highest BCUT2D eigenvalue weighted by Gasteiger charge is 2.35. The van der Waals surface area contributed by atoms with Crippen LogP contribution in [0.25, 0.3) is 0 Å². The number of ether oxygens (including phenoxy) is 2. The van der Waals surface area contributed by atoms with Gasteiger partial charge >= 0.3 is 6.09 Å². The van der Waals surface area contributed by atoms with Crippen LogP contribution in [-0.2, 0) is 10.5 Å². The molecule has 0 N–H and O–H groups in total. The van der Waals surface area contributed by atoms with E-state index in [1.165, 1.54) is 11.1 Å². The summed E-state index contributed by atoms with van der Waals surface area (Å²) in [7, 11) is 0. The van der Waals surface area contributed by atoms with Crippen molar-refractivity contribution in [1.29, 1.82) is 5.26 Å². The summed E-state index contributed by atoms with van der Waals surface area (Å²) in [5.74, 6) is 1.60. The van der Waals surface area contributed by atoms with Crippen LogP contribution in [0.2, 0.25) is 5.02 Å². The van der Waals surface area contributed by atoms with Gasteiger partial charge in [-0.05, 0) is 74.6 Å². The van der Waals surface area contributed by atoms with Gasteiger partial charge in [-0.1, -0.05) is 54.1 Å². The highest BCUT2D eigenvalue weighted by molar-refractivity contribution is 7.98. The first kappa shape index (κ1) is 27.9. The lowest BCUT2D eigenvalue weighted by Crippen LogP contribution is -2.46. The van der Waals surface area contributed by atoms with Crippen LogP contribution in [0.3, 0.4) is 0 Å². The molecule has 0 aliphatic carbocycles. The summed E-state index contributed by atoms with van der Waals surface area (Å²) < 4.78 is 11.9. The van der Waals surface area contributed by atoms with Crippen LogP contribution in [0.5, 0.6) is 5.75 Å². The molecular formula is C31H33ClN2O3S. The molecule has 1 heterocycles. The number of piperidine rings is 1. The Morgan fingerprint density at radius 1 is 1.11 bits per heavy atom. The van der Waals surface area contributed by atoms with Crippen molar-refractivity contribution in [3.63, 3.8) is 0 Å². The van der Waals surface area contributed by atoms with Crippen molar-refractivity contribution in [2.45, 2.75) is 49.4 Å². The molecule has 1 saturated heterocycles. The number of halogens is 1. The van der Waals surface area contributed by atoms with E-state index in [0.29, 0.717) is 36.0 Å². The number of benzene rings is 3. The van der Waals surface area contributed by atoms with E-state index in [1.54, 1.807) is 16.7 Å². The minimum absolute atomic E-state index is 0.0242. The predicted octanol–water partition coefficient (Wildman–Crippen LogP) is 7.92. The summed E-state index contributed by atoms with van der Waals surface area (Å²) in [6, 6.07) is 26.2. The molecule has 1 aliphatic rings. The van der Waals surface area contributed by atoms with E-state index >= 15 is 0 Å². The zero-order chi connectivity index (χ0) is 27.1. The molecule has 38 heavy (non-hydrogen) atoms. The maximum Gasteiger partial charge on any atom is 0.410 e. The highest BCUT2D eigenvalue weighted by Crippen LogP contribution is 2.36. The molecule has 1 unspecified atom stereocenters. The molecule has 1 fully saturated rings. The quantitative estimate of drug-likeness (QED) is 0.280. The third kappa shape index (κ3) is 7.69. The zero-order valence-electron chi connectivity index (χ0n) is 22.0. The van der Waals surface area contributed by atoms with E-state index in [4.69, 9.17) is 21.1 Å². The summed E-state index contributed by atoms with van der Waals surface area (Å²) in [6.07, 6.45) is 0.476. The Morgan fingerprint density at radius 2 is 1.84 bits per heavy atom. The lowest BCUT2D eigenvalue weighted by atomic mass is 9.81. The molecule has 3 aromatic rings. The monoisotopic (exact) mass is 548 g/mol. The summed E-state index contributed by atoms with van der Waals surface area (Å²) in [5, 5.41) is 10.5. The van der Waals surface area contributed by atoms with E-state index < -0.39 is 5.60 Å². The fraction of sp³-hybridized carbons (Fsp3) is 0.355. The minimum atomic E-state index is -0.557. The van der Waals surface area contributed by atoms with Crippen LogP contribution in [0.4, 0.5) is 4.79 Å². The van der Waals surface area contributed by atoms with Crippen molar-refractivity contribution in [2.24, 2.45) is 5.92 Å². The normalized spacial score (nSPS) is 17.5. The first-order chi connectivity index (χ1) is 18.2. The average Bonchev–Trinajstić information content (AvgIpc) is 2.91. The highest BCUT2D eigenvalue weighted by atomic mass is 35.5. The maximum absolute atomic E-state index is 12.8. The largest absolute Gasteiger partial charge is 0.492 e. The topological polar surface area (TPSA) is 62.6 Å². The third-order valence-corrected chi connectivity index (χ3v) is 7.77. The predicted molar refractivity (Wildman–Crippen MR) is 153 cm³/mol. The van der Waals surface area contributed by atoms with Crippen LogP contribution in [-0.4, -0.2) is 36.3 Å². The first-order valence-electron chi connectivity index (χ1n) is 12.8. The molecule has 0 saturated carbocycles. The van der Waals surface area contributed by atoms with Gasteiger partial charge in [0.2, 0.25) is 0 Å². The number of likely N-dealkylation sites (tertiary alicyclic amines) is 1. The first-order valence-corrected chi connectivity index (χ1v) is 14.2. The Balaban J connectivity index is 1.47. The smallest absolute Gasteiger partial charge is 0.410 e. The number of hydrogen-bond acceptors (Lipinski definition) is 5. The van der Waals surface area contributed by atoms with Gasteiger partial charge in [-0.2, -0.15) is 5.26 Å². The second-order valence-corrected chi connectivity index (χ2v) is 12.0. The van der Waals surface area contributed by atoms with Gasteiger partial charge in [0.15, 0.2) is 0 Å². The number of hydrogen-bond donors (Lipinski definition) is 0. The van der Waals surface area contributed by atoms with Crippen LogP contribution < -0.4 is 4.74 Å². The number of amides is 1. The SMILES string of the molecule is CC(C)(C)OC(=O)N1CCC(c2ccc(Cl)cc2)[C@H](COc2ccc(SCc3ccccc3)cc2C#N)C1. The molecule has 1 aliphatic heterocycles. The van der Waals surface area contributed by atoms with E-state index in [1.807, 2.05) is 81.4 Å². The summed E-state index contributed by atoms with van der Waals surface area (Å²) in [5.41, 5.74) is 2.35. The van der Waals surface area contributed by atoms with Gasteiger partial charge in [-0.3, -0.25) is 0 Å². The van der Waals surface area contributed by atoms with Gasteiger partial charge < -0.3 is 14.4 Å². The van der Waals surface area contributed by atoms with Crippen LogP contribution in [0.15, 0.2) is 77.7 Å². The number of carbonyl (C=O) groups is 1. The van der Waals surface area contributed by atoms with Crippen molar-refractivity contribution < 1.29 is 14.3 Å². The van der Waals surface area contributed by atoms with Crippen molar-refractivity contribution >= 4 is 29.5 Å². The molecular weight excluding hydrogens is 516 g/mol. The van der Waals surface area contributed by atoms with Crippen molar-refractivity contribution in [3.05, 3.63) is 94.5 Å². The van der Waals surface area contributed by atoms with Gasteiger partial charge in [0, 0.05) is 34.7 Å². The number of thioether (sulfide) groups is 1. The van der Waals surface area contributed by atoms with Crippen molar-refractivity contribution in [3.8, 4) is 11.8 Å². The van der Waals surface area contributed by atoms with E-state index in [9.17, 15) is 10.1 Å². The standard InChI is InChI=1S/C31H33ClN2O3S/c1-31(2,3)37-30(35)34-16-15-28(23-9-11-26(32)12-10-23)25(19-34)20-36-29-14-13-27(17-24(29)18-33)38-21-22-7-5-4-6-8-22/h4-14,17,25,28H,15-16,19-21H2,1-3H3/t25-,28?/m0/s1.